The Hall–Kier alpha value is -3.23. The van der Waals surface area contributed by atoms with Crippen molar-refractivity contribution in [1.29, 1.82) is 0 Å². The molecule has 2 amide bonds. The van der Waals surface area contributed by atoms with E-state index < -0.39 is 11.7 Å². The summed E-state index contributed by atoms with van der Waals surface area (Å²) in [5, 5.41) is 4.05. The zero-order valence-corrected chi connectivity index (χ0v) is 17.1. The lowest BCUT2D eigenvalue weighted by Gasteiger charge is -2.32. The van der Waals surface area contributed by atoms with Crippen molar-refractivity contribution in [2.24, 2.45) is 5.92 Å². The number of carbonyl (C=O) groups is 3. The zero-order valence-electron chi connectivity index (χ0n) is 17.1. The number of para-hydroxylation sites is 1. The number of esters is 1. The molecule has 2 heterocycles. The topological polar surface area (TPSA) is 84.7 Å². The van der Waals surface area contributed by atoms with Gasteiger partial charge in [0.2, 0.25) is 5.91 Å². The number of hydrogen-bond acceptors (Lipinski definition) is 5. The molecule has 8 nitrogen and oxygen atoms in total. The summed E-state index contributed by atoms with van der Waals surface area (Å²) in [6.45, 7) is 2.77. The third kappa shape index (κ3) is 4.84. The van der Waals surface area contributed by atoms with Crippen LogP contribution in [0.3, 0.4) is 0 Å². The van der Waals surface area contributed by atoms with Crippen LogP contribution in [-0.2, 0) is 14.3 Å². The summed E-state index contributed by atoms with van der Waals surface area (Å²) in [6, 6.07) is 6.11. The molecule has 0 radical (unpaired) electrons. The first-order chi connectivity index (χ1) is 14.4. The largest absolute Gasteiger partial charge is 0.466 e. The van der Waals surface area contributed by atoms with E-state index >= 15 is 0 Å². The van der Waals surface area contributed by atoms with Crippen molar-refractivity contribution in [3.05, 3.63) is 48.0 Å². The van der Waals surface area contributed by atoms with Gasteiger partial charge in [0, 0.05) is 26.3 Å². The van der Waals surface area contributed by atoms with Gasteiger partial charge in [-0.3, -0.25) is 14.4 Å². The zero-order chi connectivity index (χ0) is 21.7. The molecule has 1 aliphatic heterocycles. The fraction of sp³-hybridized carbons (Fsp3) is 0.429. The smallest absolute Gasteiger partial charge is 0.310 e. The summed E-state index contributed by atoms with van der Waals surface area (Å²) in [5.41, 5.74) is 0.477. The van der Waals surface area contributed by atoms with Crippen molar-refractivity contribution in [2.45, 2.75) is 19.8 Å². The molecule has 9 heteroatoms. The standard InChI is InChI=1S/C21H25FN4O4/c1-3-30-21(29)15-7-6-10-25(12-15)19(27)14-24(2)20(28)16-11-23-26(13-16)18-9-5-4-8-17(18)22/h4-5,8-9,11,13,15H,3,6-7,10,12,14H2,1-2H3. The lowest BCUT2D eigenvalue weighted by Crippen LogP contribution is -2.47. The molecule has 1 unspecified atom stereocenters. The molecule has 3 rings (SSSR count). The van der Waals surface area contributed by atoms with E-state index in [2.05, 4.69) is 5.10 Å². The quantitative estimate of drug-likeness (QED) is 0.672. The van der Waals surface area contributed by atoms with Crippen LogP contribution in [0.2, 0.25) is 0 Å². The van der Waals surface area contributed by atoms with Crippen LogP contribution in [0.25, 0.3) is 5.69 Å². The predicted octanol–water partition coefficient (Wildman–Crippen LogP) is 1.89. The molecule has 0 spiro atoms. The van der Waals surface area contributed by atoms with E-state index in [0.717, 1.165) is 0 Å². The summed E-state index contributed by atoms with van der Waals surface area (Å²) < 4.78 is 20.3. The third-order valence-electron chi connectivity index (χ3n) is 5.04. The maximum Gasteiger partial charge on any atom is 0.310 e. The number of halogens is 1. The number of hydrogen-bond donors (Lipinski definition) is 0. The van der Waals surface area contributed by atoms with Crippen LogP contribution in [0, 0.1) is 11.7 Å². The molecule has 160 valence electrons. The van der Waals surface area contributed by atoms with Crippen molar-refractivity contribution in [3.8, 4) is 5.69 Å². The van der Waals surface area contributed by atoms with E-state index in [1.807, 2.05) is 0 Å². The van der Waals surface area contributed by atoms with Crippen LogP contribution in [0.4, 0.5) is 4.39 Å². The van der Waals surface area contributed by atoms with Crippen LogP contribution < -0.4 is 0 Å². The first kappa shape index (κ1) is 21.5. The van der Waals surface area contributed by atoms with Gasteiger partial charge in [-0.05, 0) is 31.9 Å². The number of likely N-dealkylation sites (N-methyl/N-ethyl adjacent to an activating group) is 1. The van der Waals surface area contributed by atoms with Crippen LogP contribution in [0.1, 0.15) is 30.1 Å². The minimum atomic E-state index is -0.454. The van der Waals surface area contributed by atoms with E-state index in [9.17, 15) is 18.8 Å². The van der Waals surface area contributed by atoms with Gasteiger partial charge in [-0.15, -0.1) is 0 Å². The van der Waals surface area contributed by atoms with Gasteiger partial charge in [0.1, 0.15) is 11.5 Å². The van der Waals surface area contributed by atoms with Crippen molar-refractivity contribution in [1.82, 2.24) is 19.6 Å². The summed E-state index contributed by atoms with van der Waals surface area (Å²) in [5.74, 6) is -1.71. The number of amides is 2. The molecule has 1 aromatic carbocycles. The number of nitrogens with zero attached hydrogens (tertiary/aromatic N) is 4. The highest BCUT2D eigenvalue weighted by Gasteiger charge is 2.30. The Kier molecular flexibility index (Phi) is 6.81. The predicted molar refractivity (Wildman–Crippen MR) is 106 cm³/mol. The molecular formula is C21H25FN4O4. The molecule has 30 heavy (non-hydrogen) atoms. The third-order valence-corrected chi connectivity index (χ3v) is 5.04. The van der Waals surface area contributed by atoms with E-state index in [1.165, 1.54) is 35.1 Å². The van der Waals surface area contributed by atoms with Gasteiger partial charge in [-0.2, -0.15) is 5.10 Å². The Morgan fingerprint density at radius 3 is 2.80 bits per heavy atom. The molecule has 2 aromatic rings. The second-order valence-corrected chi connectivity index (χ2v) is 7.22. The van der Waals surface area contributed by atoms with Crippen LogP contribution in [-0.4, -0.2) is 70.7 Å². The molecule has 0 saturated carbocycles. The van der Waals surface area contributed by atoms with Crippen LogP contribution in [0.15, 0.2) is 36.7 Å². The fourth-order valence-electron chi connectivity index (χ4n) is 3.45. The average Bonchev–Trinajstić information content (AvgIpc) is 3.23. The second kappa shape index (κ2) is 9.51. The number of aromatic nitrogens is 2. The van der Waals surface area contributed by atoms with Gasteiger partial charge in [0.05, 0.1) is 30.8 Å². The highest BCUT2D eigenvalue weighted by Crippen LogP contribution is 2.19. The SMILES string of the molecule is CCOC(=O)C1CCCN(C(=O)CN(C)C(=O)c2cnn(-c3ccccc3F)c2)C1. The Labute approximate surface area is 174 Å². The maximum absolute atomic E-state index is 13.9. The summed E-state index contributed by atoms with van der Waals surface area (Å²) in [4.78, 5) is 40.2. The lowest BCUT2D eigenvalue weighted by atomic mass is 9.98. The minimum Gasteiger partial charge on any atom is -0.466 e. The Morgan fingerprint density at radius 2 is 2.07 bits per heavy atom. The molecular weight excluding hydrogens is 391 g/mol. The molecule has 0 aliphatic carbocycles. The molecule has 0 N–H and O–H groups in total. The molecule has 0 bridgehead atoms. The van der Waals surface area contributed by atoms with Gasteiger partial charge in [0.15, 0.2) is 0 Å². The molecule has 1 atom stereocenters. The number of likely N-dealkylation sites (tertiary alicyclic amines) is 1. The summed E-state index contributed by atoms with van der Waals surface area (Å²) in [7, 11) is 1.52. The highest BCUT2D eigenvalue weighted by molar-refractivity contribution is 5.96. The molecule has 1 aliphatic rings. The lowest BCUT2D eigenvalue weighted by molar-refractivity contribution is -0.151. The molecule has 1 fully saturated rings. The van der Waals surface area contributed by atoms with Crippen LogP contribution >= 0.6 is 0 Å². The fourth-order valence-corrected chi connectivity index (χ4v) is 3.45. The first-order valence-corrected chi connectivity index (χ1v) is 9.90. The second-order valence-electron chi connectivity index (χ2n) is 7.22. The summed E-state index contributed by atoms with van der Waals surface area (Å²) >= 11 is 0. The average molecular weight is 416 g/mol. The Morgan fingerprint density at radius 1 is 1.30 bits per heavy atom. The number of benzene rings is 1. The van der Waals surface area contributed by atoms with Crippen molar-refractivity contribution in [3.63, 3.8) is 0 Å². The van der Waals surface area contributed by atoms with Crippen molar-refractivity contribution < 1.29 is 23.5 Å². The number of rotatable bonds is 6. The van der Waals surface area contributed by atoms with Crippen LogP contribution in [0.5, 0.6) is 0 Å². The minimum absolute atomic E-state index is 0.126. The first-order valence-electron chi connectivity index (χ1n) is 9.90. The molecule has 1 saturated heterocycles. The van der Waals surface area contributed by atoms with E-state index in [0.29, 0.717) is 32.5 Å². The molecule has 1 aromatic heterocycles. The van der Waals surface area contributed by atoms with Gasteiger partial charge in [-0.1, -0.05) is 12.1 Å². The van der Waals surface area contributed by atoms with Gasteiger partial charge >= 0.3 is 5.97 Å². The van der Waals surface area contributed by atoms with E-state index in [1.54, 1.807) is 30.0 Å². The maximum atomic E-state index is 13.9. The van der Waals surface area contributed by atoms with E-state index in [4.69, 9.17) is 4.74 Å². The van der Waals surface area contributed by atoms with Crippen molar-refractivity contribution in [2.75, 3.05) is 33.3 Å². The summed E-state index contributed by atoms with van der Waals surface area (Å²) in [6.07, 6.45) is 4.17. The number of carbonyl (C=O) groups excluding carboxylic acids is 3. The van der Waals surface area contributed by atoms with Gasteiger partial charge in [-0.25, -0.2) is 9.07 Å². The monoisotopic (exact) mass is 416 g/mol. The van der Waals surface area contributed by atoms with Crippen molar-refractivity contribution >= 4 is 17.8 Å². The Bertz CT molecular complexity index is 929. The normalized spacial score (nSPS) is 16.2. The Balaban J connectivity index is 1.61. The van der Waals surface area contributed by atoms with Gasteiger partial charge < -0.3 is 14.5 Å². The van der Waals surface area contributed by atoms with Gasteiger partial charge in [0.25, 0.3) is 5.91 Å². The number of piperidine rings is 1. The van der Waals surface area contributed by atoms with E-state index in [-0.39, 0.29) is 35.6 Å². The number of ether oxygens (including phenoxy) is 1. The highest BCUT2D eigenvalue weighted by atomic mass is 19.1.